The average Bonchev–Trinajstić information content (AvgIpc) is 2.08. The summed E-state index contributed by atoms with van der Waals surface area (Å²) in [5.41, 5.74) is 0. The number of hydrogen-bond donors (Lipinski definition) is 1. The fourth-order valence-electron chi connectivity index (χ4n) is 0.795. The van der Waals surface area contributed by atoms with Crippen molar-refractivity contribution < 1.29 is 4.39 Å². The third kappa shape index (κ3) is 3.80. The van der Waals surface area contributed by atoms with E-state index in [0.29, 0.717) is 5.95 Å². The van der Waals surface area contributed by atoms with Gasteiger partial charge in [0, 0.05) is 13.1 Å². The topological polar surface area (TPSA) is 41.0 Å². The predicted octanol–water partition coefficient (Wildman–Crippen LogP) is 0.589. The first-order valence-corrected chi connectivity index (χ1v) is 4.04. The highest BCUT2D eigenvalue weighted by atomic mass is 19.1. The van der Waals surface area contributed by atoms with Crippen LogP contribution < -0.4 is 5.32 Å². The first-order valence-electron chi connectivity index (χ1n) is 4.04. The Kier molecular flexibility index (Phi) is 3.57. The minimum absolute atomic E-state index is 0.418. The first-order chi connectivity index (χ1) is 6.18. The Labute approximate surface area is 76.8 Å². The highest BCUT2D eigenvalue weighted by Gasteiger charge is 1.95. The fraction of sp³-hybridized carbons (Fsp3) is 0.500. The van der Waals surface area contributed by atoms with Crippen molar-refractivity contribution in [2.24, 2.45) is 0 Å². The lowest BCUT2D eigenvalue weighted by molar-refractivity contribution is 0.425. The van der Waals surface area contributed by atoms with E-state index in [-0.39, 0.29) is 0 Å². The van der Waals surface area contributed by atoms with Crippen LogP contribution in [0, 0.1) is 5.82 Å². The monoisotopic (exact) mass is 184 g/mol. The van der Waals surface area contributed by atoms with Crippen LogP contribution in [0.4, 0.5) is 10.3 Å². The molecule has 0 spiro atoms. The molecule has 1 aromatic heterocycles. The Morgan fingerprint density at radius 2 is 2.00 bits per heavy atom. The molecule has 0 saturated carbocycles. The zero-order valence-electron chi connectivity index (χ0n) is 7.79. The Balaban J connectivity index is 2.33. The molecule has 0 amide bonds. The lowest BCUT2D eigenvalue weighted by Crippen LogP contribution is -2.21. The number of nitrogens with one attached hydrogen (secondary N) is 1. The summed E-state index contributed by atoms with van der Waals surface area (Å²) in [7, 11) is 3.96. The van der Waals surface area contributed by atoms with E-state index >= 15 is 0 Å². The van der Waals surface area contributed by atoms with Crippen LogP contribution in [-0.4, -0.2) is 42.1 Å². The van der Waals surface area contributed by atoms with Gasteiger partial charge in [-0.05, 0) is 14.1 Å². The maximum atomic E-state index is 12.4. The van der Waals surface area contributed by atoms with Crippen LogP contribution in [0.2, 0.25) is 0 Å². The molecule has 0 fully saturated rings. The van der Waals surface area contributed by atoms with Crippen molar-refractivity contribution >= 4 is 5.95 Å². The summed E-state index contributed by atoms with van der Waals surface area (Å²) in [4.78, 5) is 9.56. The van der Waals surface area contributed by atoms with Crippen molar-refractivity contribution in [2.75, 3.05) is 32.5 Å². The molecule has 13 heavy (non-hydrogen) atoms. The van der Waals surface area contributed by atoms with E-state index in [4.69, 9.17) is 0 Å². The second-order valence-electron chi connectivity index (χ2n) is 2.95. The molecule has 0 aliphatic carbocycles. The summed E-state index contributed by atoms with van der Waals surface area (Å²) in [6, 6.07) is 0. The summed E-state index contributed by atoms with van der Waals surface area (Å²) in [5, 5.41) is 2.97. The first kappa shape index (κ1) is 9.85. The van der Waals surface area contributed by atoms with Gasteiger partial charge in [-0.1, -0.05) is 0 Å². The van der Waals surface area contributed by atoms with Crippen LogP contribution in [0.3, 0.4) is 0 Å². The standard InChI is InChI=1S/C8H13FN4/c1-13(2)4-3-10-8-11-5-7(9)6-12-8/h5-6H,3-4H2,1-2H3,(H,10,11,12). The van der Waals surface area contributed by atoms with Crippen LogP contribution in [0.15, 0.2) is 12.4 Å². The van der Waals surface area contributed by atoms with Crippen molar-refractivity contribution in [1.29, 1.82) is 0 Å². The number of anilines is 1. The molecule has 0 unspecified atom stereocenters. The van der Waals surface area contributed by atoms with Gasteiger partial charge in [-0.25, -0.2) is 14.4 Å². The van der Waals surface area contributed by atoms with Gasteiger partial charge in [0.15, 0.2) is 5.82 Å². The molecule has 0 aliphatic rings. The number of likely N-dealkylation sites (N-methyl/N-ethyl adjacent to an activating group) is 1. The average molecular weight is 184 g/mol. The van der Waals surface area contributed by atoms with Gasteiger partial charge in [-0.2, -0.15) is 0 Å². The summed E-state index contributed by atoms with van der Waals surface area (Å²) < 4.78 is 12.4. The molecule has 0 aliphatic heterocycles. The SMILES string of the molecule is CN(C)CCNc1ncc(F)cn1. The van der Waals surface area contributed by atoms with Gasteiger partial charge in [0.25, 0.3) is 0 Å². The fourth-order valence-corrected chi connectivity index (χ4v) is 0.795. The quantitative estimate of drug-likeness (QED) is 0.743. The highest BCUT2D eigenvalue weighted by Crippen LogP contribution is 1.96. The lowest BCUT2D eigenvalue weighted by Gasteiger charge is -2.09. The molecule has 1 N–H and O–H groups in total. The second kappa shape index (κ2) is 4.71. The van der Waals surface area contributed by atoms with E-state index < -0.39 is 5.82 Å². The third-order valence-corrected chi connectivity index (χ3v) is 1.46. The molecule has 0 atom stereocenters. The zero-order chi connectivity index (χ0) is 9.68. The molecular formula is C8H13FN4. The smallest absolute Gasteiger partial charge is 0.222 e. The molecule has 0 saturated heterocycles. The van der Waals surface area contributed by atoms with Crippen LogP contribution in [0.5, 0.6) is 0 Å². The maximum absolute atomic E-state index is 12.4. The normalized spacial score (nSPS) is 10.5. The van der Waals surface area contributed by atoms with E-state index in [1.54, 1.807) is 0 Å². The highest BCUT2D eigenvalue weighted by molar-refractivity contribution is 5.22. The Hall–Kier alpha value is -1.23. The molecule has 0 radical (unpaired) electrons. The molecule has 1 heterocycles. The summed E-state index contributed by atoms with van der Waals surface area (Å²) in [6.45, 7) is 1.64. The Bertz CT molecular complexity index is 247. The van der Waals surface area contributed by atoms with E-state index in [1.165, 1.54) is 0 Å². The minimum Gasteiger partial charge on any atom is -0.353 e. The van der Waals surface area contributed by atoms with E-state index in [1.807, 2.05) is 19.0 Å². The van der Waals surface area contributed by atoms with Gasteiger partial charge >= 0.3 is 0 Å². The van der Waals surface area contributed by atoms with Crippen molar-refractivity contribution in [3.05, 3.63) is 18.2 Å². The Morgan fingerprint density at radius 1 is 1.38 bits per heavy atom. The van der Waals surface area contributed by atoms with Gasteiger partial charge in [0.05, 0.1) is 12.4 Å². The van der Waals surface area contributed by atoms with Gasteiger partial charge in [0.2, 0.25) is 5.95 Å². The van der Waals surface area contributed by atoms with Crippen molar-refractivity contribution in [3.63, 3.8) is 0 Å². The molecular weight excluding hydrogens is 171 g/mol. The number of hydrogen-bond acceptors (Lipinski definition) is 4. The number of halogens is 1. The number of nitrogens with zero attached hydrogens (tertiary/aromatic N) is 3. The van der Waals surface area contributed by atoms with Gasteiger partial charge in [0.1, 0.15) is 0 Å². The number of rotatable bonds is 4. The van der Waals surface area contributed by atoms with E-state index in [9.17, 15) is 4.39 Å². The van der Waals surface area contributed by atoms with Crippen LogP contribution in [0.1, 0.15) is 0 Å². The minimum atomic E-state index is -0.418. The summed E-state index contributed by atoms with van der Waals surface area (Å²) in [6.07, 6.45) is 2.29. The van der Waals surface area contributed by atoms with Gasteiger partial charge in [-0.15, -0.1) is 0 Å². The molecule has 0 bridgehead atoms. The third-order valence-electron chi connectivity index (χ3n) is 1.46. The maximum Gasteiger partial charge on any atom is 0.222 e. The van der Waals surface area contributed by atoms with Crippen molar-refractivity contribution in [3.8, 4) is 0 Å². The molecule has 1 aromatic rings. The van der Waals surface area contributed by atoms with Crippen LogP contribution in [-0.2, 0) is 0 Å². The Morgan fingerprint density at radius 3 is 2.54 bits per heavy atom. The largest absolute Gasteiger partial charge is 0.353 e. The van der Waals surface area contributed by atoms with Crippen molar-refractivity contribution in [2.45, 2.75) is 0 Å². The molecule has 1 rings (SSSR count). The zero-order valence-corrected chi connectivity index (χ0v) is 7.79. The second-order valence-corrected chi connectivity index (χ2v) is 2.95. The van der Waals surface area contributed by atoms with Crippen LogP contribution >= 0.6 is 0 Å². The predicted molar refractivity (Wildman–Crippen MR) is 49.0 cm³/mol. The summed E-state index contributed by atoms with van der Waals surface area (Å²) in [5.74, 6) is 0.0430. The molecule has 5 heteroatoms. The summed E-state index contributed by atoms with van der Waals surface area (Å²) >= 11 is 0. The van der Waals surface area contributed by atoms with Gasteiger partial charge in [-0.3, -0.25) is 0 Å². The van der Waals surface area contributed by atoms with Crippen molar-refractivity contribution in [1.82, 2.24) is 14.9 Å². The molecule has 0 aromatic carbocycles. The van der Waals surface area contributed by atoms with E-state index in [0.717, 1.165) is 25.5 Å². The number of aromatic nitrogens is 2. The van der Waals surface area contributed by atoms with Gasteiger partial charge < -0.3 is 10.2 Å². The molecule has 72 valence electrons. The van der Waals surface area contributed by atoms with E-state index in [2.05, 4.69) is 15.3 Å². The lowest BCUT2D eigenvalue weighted by atomic mass is 10.5. The van der Waals surface area contributed by atoms with Crippen LogP contribution in [0.25, 0.3) is 0 Å². The molecule has 4 nitrogen and oxygen atoms in total.